The van der Waals surface area contributed by atoms with E-state index in [1.54, 1.807) is 27.7 Å². The van der Waals surface area contributed by atoms with Crippen molar-refractivity contribution >= 4 is 65.0 Å². The van der Waals surface area contributed by atoms with Crippen LogP contribution in [0.2, 0.25) is 0 Å². The first-order valence-electron chi connectivity index (χ1n) is 28.9. The molecule has 29 heteroatoms. The number of hydrogen-bond donors (Lipinski definition) is 18. The summed E-state index contributed by atoms with van der Waals surface area (Å²) in [6.07, 6.45) is -0.469. The standard InChI is InChI=1S/C53H100N16O13/c1-9-29(5)13-11-12-14-40(72)60-33(15-21-54)48(77)69-43(32(8)71)53(82)65-36(18-24-57)45(74)63-38-20-26-59-51(80)42(31(7)70)68-49(78)37(19-25-58)62-44(73)35(17-23-56)64-52(81)41(30(6)10-2)67-50(79)39(27-28(3)4)66-46(75)34(16-22-55)61-47(38)76/h28-39,41-43,70-71H,9-27,54-58H2,1-8H3,(H,59,80)(H,60,72)(H,61,76)(H,62,73)(H,63,74)(H,64,81)(H,65,82)(H,66,75)(H,67,79)(H,68,78)(H,69,77)/t29-,30-,31+,32+,33-,34-,35-,36-,37-,38-,39+,41-,42-,43-/m0/s1. The van der Waals surface area contributed by atoms with Gasteiger partial charge in [-0.1, -0.05) is 67.2 Å². The van der Waals surface area contributed by atoms with E-state index in [1.807, 2.05) is 0 Å². The Morgan fingerprint density at radius 3 is 1.51 bits per heavy atom. The second-order valence-electron chi connectivity index (χ2n) is 21.7. The number of carbonyl (C=O) groups is 11. The largest absolute Gasteiger partial charge is 0.391 e. The van der Waals surface area contributed by atoms with Crippen molar-refractivity contribution < 1.29 is 63.0 Å². The van der Waals surface area contributed by atoms with Gasteiger partial charge in [0, 0.05) is 13.0 Å². The van der Waals surface area contributed by atoms with Gasteiger partial charge in [-0.3, -0.25) is 52.7 Å². The Morgan fingerprint density at radius 1 is 0.537 bits per heavy atom. The minimum atomic E-state index is -1.69. The SMILES string of the molecule is CC[C@H](C)CCCCC(=O)N[C@@H](CCN)C(=O)N[C@H](C(=O)N[C@@H](CCN)C(=O)N[C@H]1CCNC(=O)[C@H]([C@@H](C)O)NC(=O)[C@H](CCN)NC(=O)[C@H](CCN)NC(=O)[C@H]([C@@H](C)CC)NC(=O)[C@@H](CC(C)C)NC(=O)[C@H](CCN)NC1=O)[C@@H](C)O. The van der Waals surface area contributed by atoms with Crippen molar-refractivity contribution in [2.24, 2.45) is 46.4 Å². The number of nitrogens with one attached hydrogen (secondary N) is 11. The van der Waals surface area contributed by atoms with Gasteiger partial charge in [0.15, 0.2) is 0 Å². The van der Waals surface area contributed by atoms with Crippen LogP contribution in [0.5, 0.6) is 0 Å². The van der Waals surface area contributed by atoms with Gasteiger partial charge >= 0.3 is 0 Å². The zero-order chi connectivity index (χ0) is 62.2. The molecular formula is C53H100N16O13. The lowest BCUT2D eigenvalue weighted by atomic mass is 9.96. The van der Waals surface area contributed by atoms with Crippen LogP contribution in [-0.2, 0) is 52.7 Å². The summed E-state index contributed by atoms with van der Waals surface area (Å²) in [5.41, 5.74) is 29.2. The van der Waals surface area contributed by atoms with Gasteiger partial charge in [-0.2, -0.15) is 0 Å². The molecule has 1 aliphatic heterocycles. The summed E-state index contributed by atoms with van der Waals surface area (Å²) >= 11 is 0. The molecule has 0 aromatic rings. The van der Waals surface area contributed by atoms with Crippen LogP contribution in [0, 0.1) is 17.8 Å². The normalized spacial score (nSPS) is 23.8. The van der Waals surface area contributed by atoms with E-state index >= 15 is 0 Å². The molecule has 14 atom stereocenters. The van der Waals surface area contributed by atoms with Crippen molar-refractivity contribution in [3.63, 3.8) is 0 Å². The van der Waals surface area contributed by atoms with Gasteiger partial charge in [0.05, 0.1) is 12.2 Å². The molecule has 1 fully saturated rings. The van der Waals surface area contributed by atoms with Crippen LogP contribution in [0.1, 0.15) is 139 Å². The van der Waals surface area contributed by atoms with Crippen LogP contribution in [0.3, 0.4) is 0 Å². The Hall–Kier alpha value is -6.11. The molecule has 29 nitrogen and oxygen atoms in total. The average molecular weight is 1170 g/mol. The molecule has 1 aliphatic rings. The zero-order valence-electron chi connectivity index (χ0n) is 49.4. The predicted octanol–water partition coefficient (Wildman–Crippen LogP) is -5.44. The highest BCUT2D eigenvalue weighted by Crippen LogP contribution is 2.15. The number of unbranched alkanes of at least 4 members (excludes halogenated alkanes) is 1. The minimum Gasteiger partial charge on any atom is -0.391 e. The smallest absolute Gasteiger partial charge is 0.245 e. The second kappa shape index (κ2) is 39.4. The third kappa shape index (κ3) is 26.4. The van der Waals surface area contributed by atoms with Gasteiger partial charge in [0.2, 0.25) is 65.0 Å². The minimum absolute atomic E-state index is 0.0131. The van der Waals surface area contributed by atoms with E-state index in [2.05, 4.69) is 72.3 Å². The van der Waals surface area contributed by atoms with Gasteiger partial charge in [0.25, 0.3) is 0 Å². The molecule has 0 spiro atoms. The van der Waals surface area contributed by atoms with E-state index in [9.17, 15) is 63.0 Å². The van der Waals surface area contributed by atoms with Gasteiger partial charge < -0.3 is 97.4 Å². The molecule has 1 rings (SSSR count). The van der Waals surface area contributed by atoms with Crippen molar-refractivity contribution in [1.29, 1.82) is 0 Å². The van der Waals surface area contributed by atoms with E-state index in [0.717, 1.165) is 19.3 Å². The summed E-state index contributed by atoms with van der Waals surface area (Å²) in [6, 6.07) is -14.5. The molecule has 1 heterocycles. The van der Waals surface area contributed by atoms with Crippen LogP contribution in [0.4, 0.5) is 0 Å². The maximum Gasteiger partial charge on any atom is 0.245 e. The van der Waals surface area contributed by atoms with E-state index in [1.165, 1.54) is 13.8 Å². The number of aliphatic hydroxyl groups excluding tert-OH is 2. The summed E-state index contributed by atoms with van der Waals surface area (Å²) < 4.78 is 0. The van der Waals surface area contributed by atoms with Gasteiger partial charge in [-0.05, 0) is 116 Å². The van der Waals surface area contributed by atoms with Crippen LogP contribution >= 0.6 is 0 Å². The predicted molar refractivity (Wildman–Crippen MR) is 305 cm³/mol. The number of rotatable bonds is 29. The molecule has 0 unspecified atom stereocenters. The van der Waals surface area contributed by atoms with E-state index in [0.29, 0.717) is 18.8 Å². The van der Waals surface area contributed by atoms with Crippen molar-refractivity contribution in [2.45, 2.75) is 211 Å². The average Bonchev–Trinajstić information content (AvgIpc) is 3.48. The lowest BCUT2D eigenvalue weighted by Gasteiger charge is -2.30. The molecule has 1 saturated heterocycles. The van der Waals surface area contributed by atoms with Crippen molar-refractivity contribution in [3.05, 3.63) is 0 Å². The summed E-state index contributed by atoms with van der Waals surface area (Å²) in [4.78, 5) is 153. The summed E-state index contributed by atoms with van der Waals surface area (Å²) in [6.45, 7) is 12.5. The summed E-state index contributed by atoms with van der Waals surface area (Å²) in [5.74, 6) is -9.84. The molecule has 0 aliphatic carbocycles. The lowest BCUT2D eigenvalue weighted by molar-refractivity contribution is -0.137. The van der Waals surface area contributed by atoms with Crippen LogP contribution in [0.15, 0.2) is 0 Å². The first-order chi connectivity index (χ1) is 38.7. The van der Waals surface area contributed by atoms with Gasteiger partial charge in [0.1, 0.15) is 60.4 Å². The van der Waals surface area contributed by atoms with Gasteiger partial charge in [-0.25, -0.2) is 0 Å². The highest BCUT2D eigenvalue weighted by atomic mass is 16.3. The molecule has 11 amide bonds. The number of hydrogen-bond acceptors (Lipinski definition) is 18. The molecule has 0 aromatic carbocycles. The fraction of sp³-hybridized carbons (Fsp3) is 0.792. The Balaban J connectivity index is 3.82. The summed E-state index contributed by atoms with van der Waals surface area (Å²) in [5, 5.41) is 49.6. The molecule has 0 saturated carbocycles. The van der Waals surface area contributed by atoms with Crippen LogP contribution in [0.25, 0.3) is 0 Å². The highest BCUT2D eigenvalue weighted by molar-refractivity contribution is 5.99. The quantitative estimate of drug-likeness (QED) is 0.0311. The number of amides is 11. The summed E-state index contributed by atoms with van der Waals surface area (Å²) in [7, 11) is 0. The van der Waals surface area contributed by atoms with Crippen LogP contribution in [-0.4, -0.2) is 187 Å². The number of carbonyl (C=O) groups excluding carboxylic acids is 11. The van der Waals surface area contributed by atoms with Crippen molar-refractivity contribution in [1.82, 2.24) is 58.5 Å². The maximum atomic E-state index is 14.4. The number of aliphatic hydroxyl groups is 2. The fourth-order valence-corrected chi connectivity index (χ4v) is 8.73. The highest BCUT2D eigenvalue weighted by Gasteiger charge is 2.38. The molecule has 23 N–H and O–H groups in total. The molecule has 0 radical (unpaired) electrons. The molecule has 0 bridgehead atoms. The Labute approximate surface area is 482 Å². The van der Waals surface area contributed by atoms with Crippen LogP contribution < -0.4 is 87.2 Å². The molecular weight excluding hydrogens is 1070 g/mol. The molecule has 470 valence electrons. The first kappa shape index (κ1) is 73.9. The monoisotopic (exact) mass is 1170 g/mol. The van der Waals surface area contributed by atoms with E-state index in [-0.39, 0.29) is 83.6 Å². The third-order valence-electron chi connectivity index (χ3n) is 14.1. The third-order valence-corrected chi connectivity index (χ3v) is 14.1. The Kier molecular flexibility index (Phi) is 35.5. The van der Waals surface area contributed by atoms with E-state index < -0.39 is 156 Å². The topological polar surface area (TPSA) is 491 Å². The fourth-order valence-electron chi connectivity index (χ4n) is 8.73. The lowest BCUT2D eigenvalue weighted by Crippen LogP contribution is -2.62. The van der Waals surface area contributed by atoms with Crippen molar-refractivity contribution in [2.75, 3.05) is 39.3 Å². The van der Waals surface area contributed by atoms with Crippen molar-refractivity contribution in [3.8, 4) is 0 Å². The molecule has 82 heavy (non-hydrogen) atoms. The maximum absolute atomic E-state index is 14.4. The van der Waals surface area contributed by atoms with Gasteiger partial charge in [-0.15, -0.1) is 0 Å². The first-order valence-corrected chi connectivity index (χ1v) is 28.9. The second-order valence-corrected chi connectivity index (χ2v) is 21.7. The molecule has 0 aromatic heterocycles. The Bertz CT molecular complexity index is 2070. The zero-order valence-corrected chi connectivity index (χ0v) is 49.4. The number of nitrogens with two attached hydrogens (primary N) is 5. The van der Waals surface area contributed by atoms with E-state index in [4.69, 9.17) is 28.7 Å². The Morgan fingerprint density at radius 2 is 1.02 bits per heavy atom.